The van der Waals surface area contributed by atoms with E-state index in [4.69, 9.17) is 11.6 Å². The zero-order valence-corrected chi connectivity index (χ0v) is 9.81. The standard InChI is InChI=1S/C12H12ClF2NO/c13-9-1-2-11(17-12(14)15)10(7-9)8-3-5-16-6-4-8/h1-3,7,12,16H,4-6H2. The van der Waals surface area contributed by atoms with Gasteiger partial charge in [0.15, 0.2) is 0 Å². The Morgan fingerprint density at radius 2 is 2.18 bits per heavy atom. The minimum absolute atomic E-state index is 0.178. The fourth-order valence-electron chi connectivity index (χ4n) is 1.82. The lowest BCUT2D eigenvalue weighted by Gasteiger charge is -2.17. The summed E-state index contributed by atoms with van der Waals surface area (Å²) in [5, 5.41) is 3.68. The summed E-state index contributed by atoms with van der Waals surface area (Å²) in [6.07, 6.45) is 2.74. The molecular weight excluding hydrogens is 248 g/mol. The molecule has 0 fully saturated rings. The van der Waals surface area contributed by atoms with Gasteiger partial charge in [0.1, 0.15) is 5.75 Å². The summed E-state index contributed by atoms with van der Waals surface area (Å²) >= 11 is 5.89. The van der Waals surface area contributed by atoms with Crippen LogP contribution < -0.4 is 10.1 Å². The minimum atomic E-state index is -2.82. The van der Waals surface area contributed by atoms with Crippen molar-refractivity contribution in [2.75, 3.05) is 13.1 Å². The van der Waals surface area contributed by atoms with Gasteiger partial charge in [-0.2, -0.15) is 8.78 Å². The molecule has 1 aromatic rings. The molecule has 92 valence electrons. The largest absolute Gasteiger partial charge is 0.434 e. The molecule has 0 saturated heterocycles. The third-order valence-electron chi connectivity index (χ3n) is 2.57. The van der Waals surface area contributed by atoms with E-state index in [9.17, 15) is 8.78 Å². The molecule has 1 aliphatic heterocycles. The number of hydrogen-bond acceptors (Lipinski definition) is 2. The van der Waals surface area contributed by atoms with Crippen LogP contribution in [0, 0.1) is 0 Å². The van der Waals surface area contributed by atoms with Crippen molar-refractivity contribution in [1.29, 1.82) is 0 Å². The molecule has 0 atom stereocenters. The Kier molecular flexibility index (Phi) is 3.97. The highest BCUT2D eigenvalue weighted by atomic mass is 35.5. The summed E-state index contributed by atoms with van der Waals surface area (Å²) in [6, 6.07) is 4.69. The highest BCUT2D eigenvalue weighted by Gasteiger charge is 2.14. The quantitative estimate of drug-likeness (QED) is 0.899. The van der Waals surface area contributed by atoms with E-state index in [0.29, 0.717) is 10.6 Å². The van der Waals surface area contributed by atoms with Crippen LogP contribution in [0.15, 0.2) is 24.3 Å². The Morgan fingerprint density at radius 1 is 1.35 bits per heavy atom. The monoisotopic (exact) mass is 259 g/mol. The van der Waals surface area contributed by atoms with Crippen LogP contribution in [0.2, 0.25) is 5.02 Å². The van der Waals surface area contributed by atoms with E-state index in [-0.39, 0.29) is 5.75 Å². The first kappa shape index (κ1) is 12.3. The first-order valence-electron chi connectivity index (χ1n) is 5.31. The van der Waals surface area contributed by atoms with Crippen molar-refractivity contribution in [2.24, 2.45) is 0 Å². The Morgan fingerprint density at radius 3 is 2.82 bits per heavy atom. The second kappa shape index (κ2) is 5.47. The highest BCUT2D eigenvalue weighted by Crippen LogP contribution is 2.32. The maximum Gasteiger partial charge on any atom is 0.387 e. The van der Waals surface area contributed by atoms with Crippen LogP contribution in [-0.4, -0.2) is 19.7 Å². The van der Waals surface area contributed by atoms with Gasteiger partial charge in [-0.1, -0.05) is 17.7 Å². The van der Waals surface area contributed by atoms with Crippen molar-refractivity contribution in [2.45, 2.75) is 13.0 Å². The summed E-state index contributed by atoms with van der Waals surface area (Å²) in [4.78, 5) is 0. The number of benzene rings is 1. The molecule has 0 spiro atoms. The van der Waals surface area contributed by atoms with Gasteiger partial charge in [0.2, 0.25) is 0 Å². The molecule has 17 heavy (non-hydrogen) atoms. The summed E-state index contributed by atoms with van der Waals surface area (Å²) in [6.45, 7) is -1.26. The first-order chi connectivity index (χ1) is 8.16. The molecule has 1 N–H and O–H groups in total. The molecule has 0 saturated carbocycles. The Balaban J connectivity index is 2.35. The predicted molar refractivity (Wildman–Crippen MR) is 63.5 cm³/mol. The van der Waals surface area contributed by atoms with Crippen molar-refractivity contribution >= 4 is 17.2 Å². The third-order valence-corrected chi connectivity index (χ3v) is 2.80. The van der Waals surface area contributed by atoms with Crippen LogP contribution in [0.5, 0.6) is 5.75 Å². The van der Waals surface area contributed by atoms with Crippen LogP contribution >= 0.6 is 11.6 Å². The molecule has 2 rings (SSSR count). The molecule has 2 nitrogen and oxygen atoms in total. The molecule has 0 aromatic heterocycles. The first-order valence-corrected chi connectivity index (χ1v) is 5.69. The summed E-state index contributed by atoms with van der Waals surface area (Å²) in [5.74, 6) is 0.178. The lowest BCUT2D eigenvalue weighted by atomic mass is 9.99. The number of nitrogens with one attached hydrogen (secondary N) is 1. The van der Waals surface area contributed by atoms with E-state index < -0.39 is 6.61 Å². The molecular formula is C12H12ClF2NO. The maximum absolute atomic E-state index is 12.3. The van der Waals surface area contributed by atoms with E-state index in [1.807, 2.05) is 6.08 Å². The Bertz CT molecular complexity index is 435. The molecule has 0 bridgehead atoms. The summed E-state index contributed by atoms with van der Waals surface area (Å²) in [7, 11) is 0. The van der Waals surface area contributed by atoms with Gasteiger partial charge in [-0.25, -0.2) is 0 Å². The second-order valence-electron chi connectivity index (χ2n) is 3.70. The van der Waals surface area contributed by atoms with Crippen molar-refractivity contribution in [1.82, 2.24) is 5.32 Å². The smallest absolute Gasteiger partial charge is 0.387 e. The SMILES string of the molecule is FC(F)Oc1ccc(Cl)cc1C1=CCNCC1. The average molecular weight is 260 g/mol. The van der Waals surface area contributed by atoms with Crippen molar-refractivity contribution in [3.05, 3.63) is 34.9 Å². The molecule has 0 amide bonds. The number of alkyl halides is 2. The van der Waals surface area contributed by atoms with Crippen LogP contribution in [0.25, 0.3) is 5.57 Å². The summed E-state index contributed by atoms with van der Waals surface area (Å²) in [5.41, 5.74) is 1.64. The summed E-state index contributed by atoms with van der Waals surface area (Å²) < 4.78 is 29.1. The lowest BCUT2D eigenvalue weighted by molar-refractivity contribution is -0.0500. The molecule has 1 heterocycles. The van der Waals surface area contributed by atoms with Gasteiger partial charge >= 0.3 is 6.61 Å². The number of ether oxygens (including phenoxy) is 1. The van der Waals surface area contributed by atoms with Gasteiger partial charge in [0.05, 0.1) is 0 Å². The second-order valence-corrected chi connectivity index (χ2v) is 4.14. The fourth-order valence-corrected chi connectivity index (χ4v) is 1.99. The van der Waals surface area contributed by atoms with Crippen LogP contribution in [0.1, 0.15) is 12.0 Å². The van der Waals surface area contributed by atoms with Crippen LogP contribution in [-0.2, 0) is 0 Å². The van der Waals surface area contributed by atoms with Crippen molar-refractivity contribution < 1.29 is 13.5 Å². The highest BCUT2D eigenvalue weighted by molar-refractivity contribution is 6.30. The zero-order valence-electron chi connectivity index (χ0n) is 9.05. The van der Waals surface area contributed by atoms with Crippen LogP contribution in [0.4, 0.5) is 8.78 Å². The van der Waals surface area contributed by atoms with E-state index in [2.05, 4.69) is 10.1 Å². The van der Waals surface area contributed by atoms with Crippen molar-refractivity contribution in [3.8, 4) is 5.75 Å². The van der Waals surface area contributed by atoms with Crippen molar-refractivity contribution in [3.63, 3.8) is 0 Å². The predicted octanol–water partition coefficient (Wildman–Crippen LogP) is 3.32. The van der Waals surface area contributed by atoms with E-state index >= 15 is 0 Å². The number of rotatable bonds is 3. The van der Waals surface area contributed by atoms with Gasteiger partial charge in [-0.05, 0) is 36.7 Å². The zero-order chi connectivity index (χ0) is 12.3. The van der Waals surface area contributed by atoms with Crippen LogP contribution in [0.3, 0.4) is 0 Å². The Labute approximate surface area is 103 Å². The van der Waals surface area contributed by atoms with E-state index in [1.165, 1.54) is 6.07 Å². The van der Waals surface area contributed by atoms with Gasteiger partial charge in [-0.15, -0.1) is 0 Å². The average Bonchev–Trinajstić information content (AvgIpc) is 2.32. The minimum Gasteiger partial charge on any atom is -0.434 e. The topological polar surface area (TPSA) is 21.3 Å². The molecule has 5 heteroatoms. The molecule has 0 radical (unpaired) electrons. The normalized spacial score (nSPS) is 15.9. The maximum atomic E-state index is 12.3. The molecule has 0 aliphatic carbocycles. The number of halogens is 3. The van der Waals surface area contributed by atoms with Gasteiger partial charge in [0.25, 0.3) is 0 Å². The van der Waals surface area contributed by atoms with Gasteiger partial charge in [0, 0.05) is 17.1 Å². The van der Waals surface area contributed by atoms with E-state index in [1.54, 1.807) is 12.1 Å². The molecule has 1 aromatic carbocycles. The van der Waals surface area contributed by atoms with Gasteiger partial charge in [-0.3, -0.25) is 0 Å². The van der Waals surface area contributed by atoms with Gasteiger partial charge < -0.3 is 10.1 Å². The Hall–Kier alpha value is -1.13. The molecule has 0 unspecified atom stereocenters. The fraction of sp³-hybridized carbons (Fsp3) is 0.333. The third kappa shape index (κ3) is 3.17. The molecule has 1 aliphatic rings. The lowest BCUT2D eigenvalue weighted by Crippen LogP contribution is -2.20. The number of hydrogen-bond donors (Lipinski definition) is 1. The van der Waals surface area contributed by atoms with E-state index in [0.717, 1.165) is 25.1 Å².